The van der Waals surface area contributed by atoms with Crippen LogP contribution in [0.5, 0.6) is 0 Å². The van der Waals surface area contributed by atoms with Crippen LogP contribution < -0.4 is 5.32 Å². The fourth-order valence-electron chi connectivity index (χ4n) is 1.50. The molecule has 0 bridgehead atoms. The topological polar surface area (TPSA) is 68.1 Å². The van der Waals surface area contributed by atoms with E-state index in [1.54, 1.807) is 0 Å². The van der Waals surface area contributed by atoms with Crippen molar-refractivity contribution in [3.05, 3.63) is 27.4 Å². The molecule has 1 N–H and O–H groups in total. The Labute approximate surface area is 104 Å². The zero-order chi connectivity index (χ0) is 13.6. The molecule has 0 unspecified atom stereocenters. The number of halogens is 4. The van der Waals surface area contributed by atoms with Crippen molar-refractivity contribution in [2.75, 3.05) is 5.32 Å². The normalized spacial score (nSPS) is 17.3. The van der Waals surface area contributed by atoms with Crippen molar-refractivity contribution in [2.45, 2.75) is 24.6 Å². The Balaban J connectivity index is 2.35. The largest absolute Gasteiger partial charge is 0.411 e. The molecule has 1 aliphatic carbocycles. The van der Waals surface area contributed by atoms with Gasteiger partial charge in [-0.3, -0.25) is 10.1 Å². The summed E-state index contributed by atoms with van der Waals surface area (Å²) in [5.41, 5.74) is -2.65. The molecule has 0 amide bonds. The van der Waals surface area contributed by atoms with Crippen LogP contribution >= 0.6 is 11.6 Å². The van der Waals surface area contributed by atoms with Crippen LogP contribution in [0.2, 0.25) is 5.15 Å². The molecule has 2 rings (SSSR count). The van der Waals surface area contributed by atoms with Crippen LogP contribution in [0.15, 0.2) is 12.1 Å². The van der Waals surface area contributed by atoms with Crippen molar-refractivity contribution in [1.82, 2.24) is 4.98 Å². The van der Waals surface area contributed by atoms with Gasteiger partial charge in [-0.15, -0.1) is 0 Å². The van der Waals surface area contributed by atoms with Gasteiger partial charge < -0.3 is 5.32 Å². The van der Waals surface area contributed by atoms with E-state index in [0.29, 0.717) is 0 Å². The van der Waals surface area contributed by atoms with Crippen molar-refractivity contribution < 1.29 is 18.1 Å². The zero-order valence-corrected chi connectivity index (χ0v) is 9.55. The summed E-state index contributed by atoms with van der Waals surface area (Å²) < 4.78 is 38.2. The van der Waals surface area contributed by atoms with Gasteiger partial charge in [0.15, 0.2) is 0 Å². The molecule has 18 heavy (non-hydrogen) atoms. The van der Waals surface area contributed by atoms with Gasteiger partial charge in [-0.1, -0.05) is 11.6 Å². The average Bonchev–Trinajstić information content (AvgIpc) is 2.97. The molecule has 1 aromatic heterocycles. The number of anilines is 1. The predicted molar refractivity (Wildman–Crippen MR) is 57.5 cm³/mol. The second-order valence-electron chi connectivity index (χ2n) is 3.96. The Bertz CT molecular complexity index is 502. The highest BCUT2D eigenvalue weighted by molar-refractivity contribution is 6.29. The van der Waals surface area contributed by atoms with Crippen molar-refractivity contribution in [3.63, 3.8) is 0 Å². The SMILES string of the molecule is O=[N+]([O-])c1ccc(Cl)nc1NC1(C(F)(F)F)CC1. The highest BCUT2D eigenvalue weighted by Gasteiger charge is 2.64. The first kappa shape index (κ1) is 12.9. The summed E-state index contributed by atoms with van der Waals surface area (Å²) in [4.78, 5) is 13.4. The molecule has 0 aromatic carbocycles. The van der Waals surface area contributed by atoms with Crippen LogP contribution in [0, 0.1) is 10.1 Å². The van der Waals surface area contributed by atoms with Crippen LogP contribution in [-0.2, 0) is 0 Å². The standard InChI is InChI=1S/C9H7ClF3N3O2/c10-6-2-1-5(16(17)18)7(14-6)15-8(3-4-8)9(11,12)13/h1-2H,3-4H2,(H,14,15). The summed E-state index contributed by atoms with van der Waals surface area (Å²) in [7, 11) is 0. The lowest BCUT2D eigenvalue weighted by molar-refractivity contribution is -0.384. The molecule has 1 heterocycles. The van der Waals surface area contributed by atoms with Gasteiger partial charge in [0.25, 0.3) is 0 Å². The van der Waals surface area contributed by atoms with Gasteiger partial charge >= 0.3 is 11.9 Å². The minimum absolute atomic E-state index is 0.110. The third kappa shape index (κ3) is 2.20. The van der Waals surface area contributed by atoms with E-state index >= 15 is 0 Å². The number of nitrogens with zero attached hydrogens (tertiary/aromatic N) is 2. The van der Waals surface area contributed by atoms with E-state index in [2.05, 4.69) is 10.3 Å². The van der Waals surface area contributed by atoms with Crippen LogP contribution in [0.4, 0.5) is 24.7 Å². The first-order valence-electron chi connectivity index (χ1n) is 4.91. The van der Waals surface area contributed by atoms with Gasteiger partial charge in [0.2, 0.25) is 5.82 Å². The van der Waals surface area contributed by atoms with Crippen LogP contribution in [0.25, 0.3) is 0 Å². The first-order chi connectivity index (χ1) is 8.25. The van der Waals surface area contributed by atoms with E-state index in [1.165, 1.54) is 0 Å². The fourth-order valence-corrected chi connectivity index (χ4v) is 1.65. The minimum Gasteiger partial charge on any atom is -0.350 e. The number of hydrogen-bond donors (Lipinski definition) is 1. The molecule has 0 atom stereocenters. The smallest absolute Gasteiger partial charge is 0.350 e. The first-order valence-corrected chi connectivity index (χ1v) is 5.29. The van der Waals surface area contributed by atoms with Crippen molar-refractivity contribution in [3.8, 4) is 0 Å². The third-order valence-corrected chi connectivity index (χ3v) is 2.90. The molecule has 9 heteroatoms. The van der Waals surface area contributed by atoms with Gasteiger partial charge in [0.1, 0.15) is 10.7 Å². The molecular weight excluding hydrogens is 275 g/mol. The van der Waals surface area contributed by atoms with E-state index in [-0.39, 0.29) is 18.0 Å². The maximum Gasteiger partial charge on any atom is 0.411 e. The summed E-state index contributed by atoms with van der Waals surface area (Å²) in [5, 5.41) is 12.7. The van der Waals surface area contributed by atoms with E-state index in [0.717, 1.165) is 12.1 Å². The Morgan fingerprint density at radius 3 is 2.50 bits per heavy atom. The molecule has 1 aromatic rings. The quantitative estimate of drug-likeness (QED) is 0.525. The van der Waals surface area contributed by atoms with Gasteiger partial charge in [-0.05, 0) is 18.9 Å². The van der Waals surface area contributed by atoms with Crippen LogP contribution in [0.1, 0.15) is 12.8 Å². The molecule has 0 saturated heterocycles. The summed E-state index contributed by atoms with van der Waals surface area (Å²) in [5.74, 6) is -0.456. The second kappa shape index (κ2) is 3.98. The summed E-state index contributed by atoms with van der Waals surface area (Å²) in [6.07, 6.45) is -4.76. The number of hydrogen-bond acceptors (Lipinski definition) is 4. The Morgan fingerprint density at radius 2 is 2.06 bits per heavy atom. The van der Waals surface area contributed by atoms with E-state index < -0.39 is 28.1 Å². The number of nitro groups is 1. The van der Waals surface area contributed by atoms with Gasteiger partial charge in [-0.25, -0.2) is 4.98 Å². The molecular formula is C9H7ClF3N3O2. The van der Waals surface area contributed by atoms with Gasteiger partial charge in [0, 0.05) is 6.07 Å². The van der Waals surface area contributed by atoms with Crippen molar-refractivity contribution >= 4 is 23.1 Å². The molecule has 1 saturated carbocycles. The number of pyridine rings is 1. The van der Waals surface area contributed by atoms with Crippen molar-refractivity contribution in [1.29, 1.82) is 0 Å². The molecule has 1 fully saturated rings. The Morgan fingerprint density at radius 1 is 1.44 bits per heavy atom. The van der Waals surface area contributed by atoms with Crippen molar-refractivity contribution in [2.24, 2.45) is 0 Å². The highest BCUT2D eigenvalue weighted by atomic mass is 35.5. The maximum absolute atomic E-state index is 12.7. The second-order valence-corrected chi connectivity index (χ2v) is 4.35. The molecule has 5 nitrogen and oxygen atoms in total. The lowest BCUT2D eigenvalue weighted by Gasteiger charge is -2.21. The number of nitrogens with one attached hydrogen (secondary N) is 1. The van der Waals surface area contributed by atoms with Crippen LogP contribution in [0.3, 0.4) is 0 Å². The van der Waals surface area contributed by atoms with Gasteiger partial charge in [-0.2, -0.15) is 13.2 Å². The summed E-state index contributed by atoms with van der Waals surface area (Å²) in [6, 6.07) is 2.17. The molecule has 0 spiro atoms. The maximum atomic E-state index is 12.7. The van der Waals surface area contributed by atoms with E-state index in [4.69, 9.17) is 11.6 Å². The molecule has 98 valence electrons. The Hall–Kier alpha value is -1.57. The number of rotatable bonds is 3. The molecule has 1 aliphatic rings. The summed E-state index contributed by atoms with van der Waals surface area (Å²) >= 11 is 5.53. The third-order valence-electron chi connectivity index (χ3n) is 2.69. The Kier molecular flexibility index (Phi) is 2.84. The zero-order valence-electron chi connectivity index (χ0n) is 8.79. The highest BCUT2D eigenvalue weighted by Crippen LogP contribution is 2.51. The van der Waals surface area contributed by atoms with Crippen LogP contribution in [-0.4, -0.2) is 21.6 Å². The monoisotopic (exact) mass is 281 g/mol. The van der Waals surface area contributed by atoms with E-state index in [1.807, 2.05) is 0 Å². The van der Waals surface area contributed by atoms with Gasteiger partial charge in [0.05, 0.1) is 4.92 Å². The fraction of sp³-hybridized carbons (Fsp3) is 0.444. The predicted octanol–water partition coefficient (Wildman–Crippen LogP) is 3.15. The lowest BCUT2D eigenvalue weighted by atomic mass is 10.2. The summed E-state index contributed by atoms with van der Waals surface area (Å²) in [6.45, 7) is 0. The minimum atomic E-state index is -4.48. The molecule has 0 radical (unpaired) electrons. The number of aromatic nitrogens is 1. The van der Waals surface area contributed by atoms with E-state index in [9.17, 15) is 23.3 Å². The lowest BCUT2D eigenvalue weighted by Crippen LogP contribution is -2.39. The average molecular weight is 282 g/mol. The number of alkyl halides is 3. The molecule has 0 aliphatic heterocycles.